The first-order chi connectivity index (χ1) is 7.16. The predicted molar refractivity (Wildman–Crippen MR) is 61.6 cm³/mol. The maximum atomic E-state index is 11.6. The molecule has 0 saturated heterocycles. The SMILES string of the molecule is O=C(Cc1cccc(Br)c1)C(O)C1CC1. The lowest BCUT2D eigenvalue weighted by atomic mass is 10.0. The lowest BCUT2D eigenvalue weighted by molar-refractivity contribution is -0.127. The molecule has 1 unspecified atom stereocenters. The Morgan fingerprint density at radius 3 is 2.87 bits per heavy atom. The zero-order valence-corrected chi connectivity index (χ0v) is 9.90. The minimum Gasteiger partial charge on any atom is -0.385 e. The summed E-state index contributed by atoms with van der Waals surface area (Å²) in [6.45, 7) is 0. The largest absolute Gasteiger partial charge is 0.385 e. The number of ketones is 1. The van der Waals surface area contributed by atoms with E-state index in [1.54, 1.807) is 0 Å². The van der Waals surface area contributed by atoms with Gasteiger partial charge in [0.05, 0.1) is 0 Å². The zero-order valence-electron chi connectivity index (χ0n) is 8.32. The number of aliphatic hydroxyl groups is 1. The maximum Gasteiger partial charge on any atom is 0.165 e. The lowest BCUT2D eigenvalue weighted by Crippen LogP contribution is -2.24. The van der Waals surface area contributed by atoms with E-state index in [2.05, 4.69) is 15.9 Å². The fourth-order valence-electron chi connectivity index (χ4n) is 1.63. The van der Waals surface area contributed by atoms with E-state index in [1.807, 2.05) is 24.3 Å². The molecule has 3 heteroatoms. The van der Waals surface area contributed by atoms with E-state index < -0.39 is 6.10 Å². The van der Waals surface area contributed by atoms with Crippen molar-refractivity contribution in [1.82, 2.24) is 0 Å². The molecule has 1 aliphatic rings. The van der Waals surface area contributed by atoms with E-state index in [4.69, 9.17) is 0 Å². The Balaban J connectivity index is 1.98. The van der Waals surface area contributed by atoms with Crippen LogP contribution in [0, 0.1) is 5.92 Å². The summed E-state index contributed by atoms with van der Waals surface area (Å²) in [6, 6.07) is 7.64. The van der Waals surface area contributed by atoms with Crippen LogP contribution in [0.2, 0.25) is 0 Å². The third kappa shape index (κ3) is 2.89. The van der Waals surface area contributed by atoms with Gasteiger partial charge in [0.25, 0.3) is 0 Å². The van der Waals surface area contributed by atoms with Crippen LogP contribution in [0.4, 0.5) is 0 Å². The average Bonchev–Trinajstić information content (AvgIpc) is 2.99. The number of carbonyl (C=O) groups excluding carboxylic acids is 1. The Labute approximate surface area is 97.4 Å². The number of Topliss-reactive ketones (excluding diaryl/α,β-unsaturated/α-hetero) is 1. The van der Waals surface area contributed by atoms with E-state index >= 15 is 0 Å². The van der Waals surface area contributed by atoms with Crippen molar-refractivity contribution < 1.29 is 9.90 Å². The Kier molecular flexibility index (Phi) is 3.22. The lowest BCUT2D eigenvalue weighted by Gasteiger charge is -2.07. The number of hydrogen-bond acceptors (Lipinski definition) is 2. The van der Waals surface area contributed by atoms with Crippen LogP contribution in [-0.2, 0) is 11.2 Å². The van der Waals surface area contributed by atoms with Gasteiger partial charge in [-0.3, -0.25) is 4.79 Å². The van der Waals surface area contributed by atoms with E-state index in [1.165, 1.54) is 0 Å². The first-order valence-electron chi connectivity index (χ1n) is 5.12. The van der Waals surface area contributed by atoms with Crippen LogP contribution in [-0.4, -0.2) is 17.0 Å². The van der Waals surface area contributed by atoms with Gasteiger partial charge in [0, 0.05) is 10.9 Å². The van der Waals surface area contributed by atoms with Crippen LogP contribution in [0.25, 0.3) is 0 Å². The molecule has 0 radical (unpaired) electrons. The van der Waals surface area contributed by atoms with Crippen LogP contribution in [0.1, 0.15) is 18.4 Å². The summed E-state index contributed by atoms with van der Waals surface area (Å²) >= 11 is 3.36. The third-order valence-electron chi connectivity index (χ3n) is 2.67. The highest BCUT2D eigenvalue weighted by atomic mass is 79.9. The molecule has 0 amide bonds. The number of benzene rings is 1. The molecule has 0 aromatic heterocycles. The van der Waals surface area contributed by atoms with Gasteiger partial charge in [-0.2, -0.15) is 0 Å². The van der Waals surface area contributed by atoms with Crippen molar-refractivity contribution >= 4 is 21.7 Å². The van der Waals surface area contributed by atoms with Crippen LogP contribution in [0.15, 0.2) is 28.7 Å². The van der Waals surface area contributed by atoms with Crippen molar-refractivity contribution in [1.29, 1.82) is 0 Å². The molecule has 1 saturated carbocycles. The van der Waals surface area contributed by atoms with Gasteiger partial charge in [-0.25, -0.2) is 0 Å². The highest BCUT2D eigenvalue weighted by Gasteiger charge is 2.34. The number of hydrogen-bond donors (Lipinski definition) is 1. The van der Waals surface area contributed by atoms with Crippen molar-refractivity contribution in [2.75, 3.05) is 0 Å². The maximum absolute atomic E-state index is 11.6. The molecule has 1 atom stereocenters. The Morgan fingerprint density at radius 2 is 2.27 bits per heavy atom. The van der Waals surface area contributed by atoms with Crippen molar-refractivity contribution in [3.8, 4) is 0 Å². The van der Waals surface area contributed by atoms with Gasteiger partial charge in [0.15, 0.2) is 5.78 Å². The molecule has 1 aromatic carbocycles. The fourth-order valence-corrected chi connectivity index (χ4v) is 2.07. The van der Waals surface area contributed by atoms with Crippen LogP contribution >= 0.6 is 15.9 Å². The molecular weight excluding hydrogens is 256 g/mol. The Morgan fingerprint density at radius 1 is 1.53 bits per heavy atom. The molecule has 1 N–H and O–H groups in total. The highest BCUT2D eigenvalue weighted by Crippen LogP contribution is 2.33. The molecule has 0 bridgehead atoms. The summed E-state index contributed by atoms with van der Waals surface area (Å²) in [7, 11) is 0. The molecule has 80 valence electrons. The number of rotatable bonds is 4. The molecule has 0 spiro atoms. The van der Waals surface area contributed by atoms with E-state index in [-0.39, 0.29) is 11.7 Å². The van der Waals surface area contributed by atoms with E-state index in [0.29, 0.717) is 6.42 Å². The number of halogens is 1. The molecule has 1 aromatic rings. The standard InChI is InChI=1S/C12H13BrO2/c13-10-3-1-2-8(6-10)7-11(14)12(15)9-4-5-9/h1-3,6,9,12,15H,4-5,7H2. The van der Waals surface area contributed by atoms with Crippen molar-refractivity contribution in [2.24, 2.45) is 5.92 Å². The number of carbonyl (C=O) groups is 1. The summed E-state index contributed by atoms with van der Waals surface area (Å²) in [6.07, 6.45) is 1.57. The second-order valence-corrected chi connectivity index (χ2v) is 4.97. The van der Waals surface area contributed by atoms with Gasteiger partial charge in [0.2, 0.25) is 0 Å². The molecule has 1 fully saturated rings. The zero-order chi connectivity index (χ0) is 10.8. The minimum atomic E-state index is -0.746. The van der Waals surface area contributed by atoms with E-state index in [9.17, 15) is 9.90 Å². The highest BCUT2D eigenvalue weighted by molar-refractivity contribution is 9.10. The van der Waals surface area contributed by atoms with Gasteiger partial charge >= 0.3 is 0 Å². The quantitative estimate of drug-likeness (QED) is 0.910. The van der Waals surface area contributed by atoms with Crippen LogP contribution < -0.4 is 0 Å². The summed E-state index contributed by atoms with van der Waals surface area (Å²) in [5.74, 6) is 0.167. The Bertz CT molecular complexity index is 372. The van der Waals surface area contributed by atoms with Gasteiger partial charge in [-0.15, -0.1) is 0 Å². The summed E-state index contributed by atoms with van der Waals surface area (Å²) in [5, 5.41) is 9.63. The fraction of sp³-hybridized carbons (Fsp3) is 0.417. The van der Waals surface area contributed by atoms with Crippen LogP contribution in [0.3, 0.4) is 0 Å². The summed E-state index contributed by atoms with van der Waals surface area (Å²) < 4.78 is 0.966. The monoisotopic (exact) mass is 268 g/mol. The van der Waals surface area contributed by atoms with E-state index in [0.717, 1.165) is 22.9 Å². The molecule has 2 rings (SSSR count). The normalized spacial score (nSPS) is 17.5. The first kappa shape index (κ1) is 10.8. The van der Waals surface area contributed by atoms with Crippen LogP contribution in [0.5, 0.6) is 0 Å². The average molecular weight is 269 g/mol. The van der Waals surface area contributed by atoms with Crippen molar-refractivity contribution in [3.05, 3.63) is 34.3 Å². The third-order valence-corrected chi connectivity index (χ3v) is 3.16. The Hall–Kier alpha value is -0.670. The summed E-state index contributed by atoms with van der Waals surface area (Å²) in [5.41, 5.74) is 0.953. The molecule has 0 aliphatic heterocycles. The topological polar surface area (TPSA) is 37.3 Å². The van der Waals surface area contributed by atoms with Gasteiger partial charge in [-0.05, 0) is 36.5 Å². The molecule has 2 nitrogen and oxygen atoms in total. The van der Waals surface area contributed by atoms with Crippen molar-refractivity contribution in [3.63, 3.8) is 0 Å². The molecule has 1 aliphatic carbocycles. The number of aliphatic hydroxyl groups excluding tert-OH is 1. The first-order valence-corrected chi connectivity index (χ1v) is 5.91. The molecular formula is C12H13BrO2. The second kappa shape index (κ2) is 4.45. The molecule has 15 heavy (non-hydrogen) atoms. The van der Waals surface area contributed by atoms with Gasteiger partial charge in [-0.1, -0.05) is 28.1 Å². The van der Waals surface area contributed by atoms with Gasteiger partial charge in [0.1, 0.15) is 6.10 Å². The minimum absolute atomic E-state index is 0.0596. The summed E-state index contributed by atoms with van der Waals surface area (Å²) in [4.78, 5) is 11.6. The van der Waals surface area contributed by atoms with Crippen molar-refractivity contribution in [2.45, 2.75) is 25.4 Å². The predicted octanol–water partition coefficient (Wildman–Crippen LogP) is 2.33. The smallest absolute Gasteiger partial charge is 0.165 e. The second-order valence-electron chi connectivity index (χ2n) is 4.06. The van der Waals surface area contributed by atoms with Gasteiger partial charge < -0.3 is 5.11 Å². The molecule has 0 heterocycles.